The van der Waals surface area contributed by atoms with Gasteiger partial charge in [-0.1, -0.05) is 0 Å². The Bertz CT molecular complexity index is 612. The molecule has 118 valence electrons. The lowest BCUT2D eigenvalue weighted by Crippen LogP contribution is -2.48. The molecule has 1 atom stereocenters. The van der Waals surface area contributed by atoms with Crippen LogP contribution >= 0.6 is 0 Å². The number of hydrogen-bond acceptors (Lipinski definition) is 5. The van der Waals surface area contributed by atoms with Gasteiger partial charge in [0, 0.05) is 19.2 Å². The Morgan fingerprint density at radius 1 is 1.29 bits per heavy atom. The molecule has 1 aromatic rings. The Labute approximate surface area is 125 Å². The summed E-state index contributed by atoms with van der Waals surface area (Å²) in [5, 5.41) is 10.1. The van der Waals surface area contributed by atoms with Crippen LogP contribution in [0.1, 0.15) is 19.8 Å². The van der Waals surface area contributed by atoms with Crippen LogP contribution < -0.4 is 9.47 Å². The molecule has 1 heterocycles. The van der Waals surface area contributed by atoms with Gasteiger partial charge >= 0.3 is 0 Å². The van der Waals surface area contributed by atoms with Gasteiger partial charge in [-0.2, -0.15) is 4.31 Å². The molecule has 1 N–H and O–H groups in total. The Morgan fingerprint density at radius 2 is 2.00 bits per heavy atom. The van der Waals surface area contributed by atoms with Gasteiger partial charge in [-0.05, 0) is 31.9 Å². The number of methoxy groups -OCH3 is 2. The van der Waals surface area contributed by atoms with Crippen molar-refractivity contribution < 1.29 is 23.0 Å². The van der Waals surface area contributed by atoms with Crippen molar-refractivity contribution in [1.29, 1.82) is 0 Å². The fourth-order valence-electron chi connectivity index (χ4n) is 2.50. The molecule has 2 rings (SSSR count). The van der Waals surface area contributed by atoms with Gasteiger partial charge in [0.05, 0.1) is 19.8 Å². The minimum absolute atomic E-state index is 0.0575. The molecule has 6 nitrogen and oxygen atoms in total. The van der Waals surface area contributed by atoms with E-state index in [0.717, 1.165) is 0 Å². The predicted octanol–water partition coefficient (Wildman–Crippen LogP) is 1.24. The SMILES string of the molecule is COc1ccc(OC)c(S(=O)(=O)N2CCCC(C)(O)C2)c1. The van der Waals surface area contributed by atoms with Crippen LogP contribution in [0.2, 0.25) is 0 Å². The second-order valence-corrected chi connectivity index (χ2v) is 7.36. The van der Waals surface area contributed by atoms with Gasteiger partial charge in [0.1, 0.15) is 16.4 Å². The summed E-state index contributed by atoms with van der Waals surface area (Å²) in [5.41, 5.74) is -1.00. The van der Waals surface area contributed by atoms with E-state index in [1.807, 2.05) is 0 Å². The van der Waals surface area contributed by atoms with E-state index in [-0.39, 0.29) is 17.2 Å². The van der Waals surface area contributed by atoms with E-state index in [1.54, 1.807) is 19.1 Å². The van der Waals surface area contributed by atoms with E-state index in [0.29, 0.717) is 25.1 Å². The number of rotatable bonds is 4. The molecule has 7 heteroatoms. The minimum Gasteiger partial charge on any atom is -0.497 e. The highest BCUT2D eigenvalue weighted by molar-refractivity contribution is 7.89. The summed E-state index contributed by atoms with van der Waals surface area (Å²) in [4.78, 5) is 0.0575. The Hall–Kier alpha value is -1.31. The predicted molar refractivity (Wildman–Crippen MR) is 78.2 cm³/mol. The average molecular weight is 315 g/mol. The lowest BCUT2D eigenvalue weighted by molar-refractivity contribution is 0.00936. The molecule has 1 aliphatic heterocycles. The topological polar surface area (TPSA) is 76.1 Å². The first-order valence-electron chi connectivity index (χ1n) is 6.75. The van der Waals surface area contributed by atoms with Crippen LogP contribution in [0, 0.1) is 0 Å². The van der Waals surface area contributed by atoms with E-state index in [1.165, 1.54) is 24.6 Å². The van der Waals surface area contributed by atoms with Crippen LogP contribution in [0.4, 0.5) is 0 Å². The number of hydrogen-bond donors (Lipinski definition) is 1. The van der Waals surface area contributed by atoms with E-state index < -0.39 is 15.6 Å². The third kappa shape index (κ3) is 3.30. The number of sulfonamides is 1. The number of benzene rings is 1. The monoisotopic (exact) mass is 315 g/mol. The molecule has 1 aliphatic rings. The lowest BCUT2D eigenvalue weighted by Gasteiger charge is -2.36. The average Bonchev–Trinajstić information content (AvgIpc) is 2.45. The van der Waals surface area contributed by atoms with E-state index in [4.69, 9.17) is 9.47 Å². The van der Waals surface area contributed by atoms with Gasteiger partial charge in [0.25, 0.3) is 0 Å². The number of aliphatic hydroxyl groups is 1. The third-order valence-electron chi connectivity index (χ3n) is 3.63. The largest absolute Gasteiger partial charge is 0.497 e. The maximum Gasteiger partial charge on any atom is 0.246 e. The molecule has 0 saturated carbocycles. The summed E-state index contributed by atoms with van der Waals surface area (Å²) in [7, 11) is -0.840. The summed E-state index contributed by atoms with van der Waals surface area (Å²) in [5.74, 6) is 0.708. The maximum absolute atomic E-state index is 12.8. The normalized spacial score (nSPS) is 23.8. The van der Waals surface area contributed by atoms with Crippen molar-refractivity contribution in [2.24, 2.45) is 0 Å². The molecule has 0 aromatic heterocycles. The van der Waals surface area contributed by atoms with Gasteiger partial charge in [-0.15, -0.1) is 0 Å². The van der Waals surface area contributed by atoms with Crippen LogP contribution in [-0.4, -0.2) is 50.7 Å². The number of nitrogens with zero attached hydrogens (tertiary/aromatic N) is 1. The quantitative estimate of drug-likeness (QED) is 0.904. The second kappa shape index (κ2) is 5.82. The van der Waals surface area contributed by atoms with Gasteiger partial charge in [0.15, 0.2) is 0 Å². The third-order valence-corrected chi connectivity index (χ3v) is 5.49. The zero-order valence-corrected chi connectivity index (χ0v) is 13.3. The molecule has 1 aromatic carbocycles. The molecule has 0 bridgehead atoms. The second-order valence-electron chi connectivity index (χ2n) is 5.46. The van der Waals surface area contributed by atoms with Gasteiger partial charge in [-0.25, -0.2) is 8.42 Å². The van der Waals surface area contributed by atoms with Crippen LogP contribution in [0.25, 0.3) is 0 Å². The van der Waals surface area contributed by atoms with Crippen LogP contribution in [0.5, 0.6) is 11.5 Å². The van der Waals surface area contributed by atoms with Crippen molar-refractivity contribution in [2.75, 3.05) is 27.3 Å². The van der Waals surface area contributed by atoms with Crippen LogP contribution in [0.3, 0.4) is 0 Å². The summed E-state index contributed by atoms with van der Waals surface area (Å²) in [6, 6.07) is 4.65. The molecule has 21 heavy (non-hydrogen) atoms. The molecular formula is C14H21NO5S. The van der Waals surface area contributed by atoms with E-state index in [2.05, 4.69) is 0 Å². The molecular weight excluding hydrogens is 294 g/mol. The highest BCUT2D eigenvalue weighted by Gasteiger charge is 2.37. The number of β-amino-alcohol motifs (C(OH)–C–C–N with tert-alkyl or cyclic N) is 1. The van der Waals surface area contributed by atoms with Crippen molar-refractivity contribution in [3.05, 3.63) is 18.2 Å². The first-order valence-corrected chi connectivity index (χ1v) is 8.19. The fraction of sp³-hybridized carbons (Fsp3) is 0.571. The van der Waals surface area contributed by atoms with Crippen LogP contribution in [0.15, 0.2) is 23.1 Å². The van der Waals surface area contributed by atoms with Crippen molar-refractivity contribution in [3.63, 3.8) is 0 Å². The zero-order valence-electron chi connectivity index (χ0n) is 12.5. The molecule has 0 radical (unpaired) electrons. The smallest absolute Gasteiger partial charge is 0.246 e. The first-order chi connectivity index (χ1) is 9.80. The van der Waals surface area contributed by atoms with Crippen LogP contribution in [-0.2, 0) is 10.0 Å². The van der Waals surface area contributed by atoms with Crippen molar-refractivity contribution >= 4 is 10.0 Å². The Kier molecular flexibility index (Phi) is 4.46. The number of piperidine rings is 1. The molecule has 0 amide bonds. The van der Waals surface area contributed by atoms with E-state index >= 15 is 0 Å². The standard InChI is InChI=1S/C14H21NO5S/c1-14(16)7-4-8-15(10-14)21(17,18)13-9-11(19-2)5-6-12(13)20-3/h5-6,9,16H,4,7-8,10H2,1-3H3. The first kappa shape index (κ1) is 16.1. The summed E-state index contributed by atoms with van der Waals surface area (Å²) < 4.78 is 37.1. The summed E-state index contributed by atoms with van der Waals surface area (Å²) >= 11 is 0. The van der Waals surface area contributed by atoms with Crippen molar-refractivity contribution in [1.82, 2.24) is 4.31 Å². The maximum atomic E-state index is 12.8. The van der Waals surface area contributed by atoms with Gasteiger partial charge in [-0.3, -0.25) is 0 Å². The van der Waals surface area contributed by atoms with Crippen molar-refractivity contribution in [3.8, 4) is 11.5 Å². The summed E-state index contributed by atoms with van der Waals surface area (Å²) in [6.07, 6.45) is 1.22. The molecule has 0 aliphatic carbocycles. The van der Waals surface area contributed by atoms with E-state index in [9.17, 15) is 13.5 Å². The zero-order chi connectivity index (χ0) is 15.7. The highest BCUT2D eigenvalue weighted by atomic mass is 32.2. The molecule has 1 saturated heterocycles. The molecule has 1 fully saturated rings. The Balaban J connectivity index is 2.43. The van der Waals surface area contributed by atoms with Gasteiger partial charge in [0.2, 0.25) is 10.0 Å². The molecule has 1 unspecified atom stereocenters. The lowest BCUT2D eigenvalue weighted by atomic mass is 9.97. The fourth-order valence-corrected chi connectivity index (χ4v) is 4.27. The number of ether oxygens (including phenoxy) is 2. The Morgan fingerprint density at radius 3 is 2.57 bits per heavy atom. The summed E-state index contributed by atoms with van der Waals surface area (Å²) in [6.45, 7) is 2.12. The van der Waals surface area contributed by atoms with Crippen molar-refractivity contribution in [2.45, 2.75) is 30.3 Å². The minimum atomic E-state index is -3.74. The highest BCUT2D eigenvalue weighted by Crippen LogP contribution is 2.33. The molecule has 0 spiro atoms. The van der Waals surface area contributed by atoms with Gasteiger partial charge < -0.3 is 14.6 Å².